The van der Waals surface area contributed by atoms with Crippen molar-refractivity contribution in [3.8, 4) is 5.88 Å². The second kappa shape index (κ2) is 6.55. The van der Waals surface area contributed by atoms with E-state index in [9.17, 15) is 9.00 Å². The summed E-state index contributed by atoms with van der Waals surface area (Å²) in [5.41, 5.74) is 5.70. The molecule has 2 heterocycles. The maximum Gasteiger partial charge on any atom is 0.354 e. The van der Waals surface area contributed by atoms with Gasteiger partial charge in [0.1, 0.15) is 4.90 Å². The largest absolute Gasteiger partial charge is 0.476 e. The average molecular weight is 430 g/mol. The van der Waals surface area contributed by atoms with E-state index in [0.717, 1.165) is 31.4 Å². The molecule has 0 fully saturated rings. The molecule has 3 aliphatic rings. The van der Waals surface area contributed by atoms with Crippen LogP contribution in [0.5, 0.6) is 5.88 Å². The van der Waals surface area contributed by atoms with Crippen molar-refractivity contribution in [1.29, 1.82) is 0 Å². The molecule has 0 saturated heterocycles. The molecule has 9 heteroatoms. The number of hydrogen-bond donors (Lipinski definition) is 2. The summed E-state index contributed by atoms with van der Waals surface area (Å²) in [4.78, 5) is 12.9. The number of aryl methyl sites for hydroxylation is 1. The van der Waals surface area contributed by atoms with Crippen LogP contribution in [0.1, 0.15) is 55.4 Å². The van der Waals surface area contributed by atoms with Gasteiger partial charge in [-0.3, -0.25) is 0 Å². The molecule has 5 rings (SSSR count). The van der Waals surface area contributed by atoms with Gasteiger partial charge in [0, 0.05) is 11.1 Å². The number of nitrogens with one attached hydrogen (secondary N) is 1. The van der Waals surface area contributed by atoms with Crippen molar-refractivity contribution >= 4 is 21.6 Å². The molecule has 2 atom stereocenters. The molecule has 0 saturated carbocycles. The summed E-state index contributed by atoms with van der Waals surface area (Å²) in [5.74, 6) is 0.722. The Balaban J connectivity index is 1.47. The van der Waals surface area contributed by atoms with Gasteiger partial charge in [0.25, 0.3) is 0 Å². The van der Waals surface area contributed by atoms with Crippen molar-refractivity contribution in [2.45, 2.75) is 63.8 Å². The lowest BCUT2D eigenvalue weighted by molar-refractivity contribution is 0.0972. The van der Waals surface area contributed by atoms with Gasteiger partial charge in [-0.05, 0) is 53.9 Å². The van der Waals surface area contributed by atoms with Crippen LogP contribution in [0.25, 0.3) is 0 Å². The third-order valence-electron chi connectivity index (χ3n) is 6.25. The molecule has 1 aromatic carbocycles. The van der Waals surface area contributed by atoms with Gasteiger partial charge < -0.3 is 10.1 Å². The molecule has 0 radical (unpaired) electrons. The standard InChI is InChI=1S/C21H27N5O3S/c1-12-7-14-8-13-5-4-6-15(13)18(17(12)14)24-20(27)25-30(22,28)16-9-23-26-10-21(2,3)11-29-19(16)26/h8-9,12H,4-7,10-11H2,1-3H3,(H3,22,24,25,27,28)/t12-,30?/m1/s1. The van der Waals surface area contributed by atoms with Crippen LogP contribution in [0.3, 0.4) is 0 Å². The number of benzene rings is 1. The Morgan fingerprint density at radius 2 is 2.20 bits per heavy atom. The Kier molecular flexibility index (Phi) is 4.27. The SMILES string of the molecule is C[C@@H]1Cc2cc3c(c(NC(=O)N=S(N)(=O)c4cnn5c4OCC(C)(C)C5)c21)CCC3. The molecular weight excluding hydrogens is 402 g/mol. The van der Waals surface area contributed by atoms with E-state index in [2.05, 4.69) is 41.6 Å². The van der Waals surface area contributed by atoms with Crippen LogP contribution in [0, 0.1) is 5.41 Å². The van der Waals surface area contributed by atoms with Crippen molar-refractivity contribution in [2.75, 3.05) is 11.9 Å². The van der Waals surface area contributed by atoms with E-state index in [-0.39, 0.29) is 10.3 Å². The number of anilines is 1. The minimum Gasteiger partial charge on any atom is -0.476 e. The quantitative estimate of drug-likeness (QED) is 0.762. The van der Waals surface area contributed by atoms with Crippen LogP contribution in [0.15, 0.2) is 21.5 Å². The van der Waals surface area contributed by atoms with Gasteiger partial charge in [0.05, 0.1) is 19.3 Å². The lowest BCUT2D eigenvalue weighted by atomic mass is 9.75. The Morgan fingerprint density at radius 1 is 1.40 bits per heavy atom. The second-order valence-corrected chi connectivity index (χ2v) is 11.2. The third-order valence-corrected chi connectivity index (χ3v) is 7.59. The molecule has 2 aromatic rings. The van der Waals surface area contributed by atoms with E-state index >= 15 is 0 Å². The number of nitrogens with zero attached hydrogens (tertiary/aromatic N) is 3. The van der Waals surface area contributed by atoms with E-state index in [1.54, 1.807) is 4.68 Å². The summed E-state index contributed by atoms with van der Waals surface area (Å²) in [6.45, 7) is 7.34. The predicted molar refractivity (Wildman–Crippen MR) is 114 cm³/mol. The molecular formula is C21H27N5O3S. The van der Waals surface area contributed by atoms with E-state index in [4.69, 9.17) is 9.88 Å². The molecule has 1 aromatic heterocycles. The minimum atomic E-state index is -3.49. The summed E-state index contributed by atoms with van der Waals surface area (Å²) in [6.07, 6.45) is 5.46. The smallest absolute Gasteiger partial charge is 0.354 e. The van der Waals surface area contributed by atoms with Gasteiger partial charge in [-0.15, -0.1) is 4.36 Å². The first-order chi connectivity index (χ1) is 14.1. The van der Waals surface area contributed by atoms with Crippen LogP contribution >= 0.6 is 0 Å². The highest BCUT2D eigenvalue weighted by atomic mass is 32.2. The Hall–Kier alpha value is -2.39. The number of aromatic nitrogens is 2. The number of carbonyl (C=O) groups is 1. The average Bonchev–Trinajstić information content (AvgIpc) is 3.25. The topological polar surface area (TPSA) is 112 Å². The molecule has 1 aliphatic heterocycles. The molecule has 160 valence electrons. The number of rotatable bonds is 2. The van der Waals surface area contributed by atoms with Crippen molar-refractivity contribution in [1.82, 2.24) is 9.78 Å². The molecule has 0 spiro atoms. The Morgan fingerprint density at radius 3 is 2.97 bits per heavy atom. The number of ether oxygens (including phenoxy) is 1. The van der Waals surface area contributed by atoms with Crippen LogP contribution in [-0.2, 0) is 35.7 Å². The lowest BCUT2D eigenvalue weighted by Crippen LogP contribution is -2.33. The van der Waals surface area contributed by atoms with E-state index in [1.165, 1.54) is 28.5 Å². The zero-order valence-corrected chi connectivity index (χ0v) is 18.3. The van der Waals surface area contributed by atoms with E-state index in [0.29, 0.717) is 24.9 Å². The monoisotopic (exact) mass is 429 g/mol. The Bertz CT molecular complexity index is 1190. The van der Waals surface area contributed by atoms with E-state index < -0.39 is 15.9 Å². The first kappa shape index (κ1) is 19.6. The molecule has 1 unspecified atom stereocenters. The highest BCUT2D eigenvalue weighted by molar-refractivity contribution is 7.91. The van der Waals surface area contributed by atoms with E-state index in [1.807, 2.05) is 0 Å². The Labute approximate surface area is 176 Å². The van der Waals surface area contributed by atoms with Gasteiger partial charge >= 0.3 is 6.03 Å². The van der Waals surface area contributed by atoms with Crippen molar-refractivity contribution < 1.29 is 13.7 Å². The second-order valence-electron chi connectivity index (χ2n) is 9.44. The number of hydrogen-bond acceptors (Lipinski definition) is 4. The molecule has 2 amide bonds. The number of carbonyl (C=O) groups excluding carboxylic acids is 1. The number of nitrogens with two attached hydrogens (primary N) is 1. The fourth-order valence-electron chi connectivity index (χ4n) is 4.83. The van der Waals surface area contributed by atoms with Crippen LogP contribution in [-0.4, -0.2) is 26.6 Å². The molecule has 0 bridgehead atoms. The van der Waals surface area contributed by atoms with Crippen molar-refractivity contribution in [2.24, 2.45) is 14.9 Å². The number of urea groups is 1. The fraction of sp³-hybridized carbons (Fsp3) is 0.524. The zero-order valence-electron chi connectivity index (χ0n) is 17.5. The number of amides is 2. The zero-order chi connectivity index (χ0) is 21.3. The normalized spacial score (nSPS) is 22.6. The van der Waals surface area contributed by atoms with Gasteiger partial charge in [-0.1, -0.05) is 26.8 Å². The number of fused-ring (bicyclic) bond motifs is 3. The van der Waals surface area contributed by atoms with Gasteiger partial charge in [0.15, 0.2) is 9.92 Å². The summed E-state index contributed by atoms with van der Waals surface area (Å²) in [5, 5.41) is 13.2. The fourth-order valence-corrected chi connectivity index (χ4v) is 5.83. The van der Waals surface area contributed by atoms with Crippen LogP contribution < -0.4 is 15.2 Å². The third kappa shape index (κ3) is 3.11. The summed E-state index contributed by atoms with van der Waals surface area (Å²) >= 11 is 0. The predicted octanol–water partition coefficient (Wildman–Crippen LogP) is 3.38. The molecule has 2 aliphatic carbocycles. The van der Waals surface area contributed by atoms with Gasteiger partial charge in [-0.25, -0.2) is 18.8 Å². The minimum absolute atomic E-state index is 0.0907. The summed E-state index contributed by atoms with van der Waals surface area (Å²) < 4.78 is 24.4. The molecule has 3 N–H and O–H groups in total. The first-order valence-corrected chi connectivity index (χ1v) is 11.9. The maximum atomic E-state index is 13.2. The molecule has 30 heavy (non-hydrogen) atoms. The van der Waals surface area contributed by atoms with Gasteiger partial charge in [0.2, 0.25) is 5.88 Å². The van der Waals surface area contributed by atoms with Crippen molar-refractivity contribution in [3.63, 3.8) is 0 Å². The lowest BCUT2D eigenvalue weighted by Gasteiger charge is -2.32. The van der Waals surface area contributed by atoms with Crippen molar-refractivity contribution in [3.05, 3.63) is 34.5 Å². The van der Waals surface area contributed by atoms with Gasteiger partial charge in [-0.2, -0.15) is 5.10 Å². The summed E-state index contributed by atoms with van der Waals surface area (Å²) in [6, 6.07) is 1.58. The first-order valence-electron chi connectivity index (χ1n) is 10.4. The van der Waals surface area contributed by atoms with Crippen LogP contribution in [0.4, 0.5) is 10.5 Å². The highest BCUT2D eigenvalue weighted by Gasteiger charge is 2.33. The highest BCUT2D eigenvalue weighted by Crippen LogP contribution is 2.45. The summed E-state index contributed by atoms with van der Waals surface area (Å²) in [7, 11) is -3.49. The van der Waals surface area contributed by atoms with Crippen LogP contribution in [0.2, 0.25) is 0 Å². The molecule has 8 nitrogen and oxygen atoms in total. The maximum absolute atomic E-state index is 13.2.